The Labute approximate surface area is 138 Å². The summed E-state index contributed by atoms with van der Waals surface area (Å²) in [6, 6.07) is 12.8. The third kappa shape index (κ3) is 2.38. The van der Waals surface area contributed by atoms with E-state index in [2.05, 4.69) is 20.9 Å². The summed E-state index contributed by atoms with van der Waals surface area (Å²) in [6.07, 6.45) is 0. The van der Waals surface area contributed by atoms with Crippen molar-refractivity contribution in [2.75, 3.05) is 0 Å². The molecule has 0 bridgehead atoms. The van der Waals surface area contributed by atoms with Crippen LogP contribution < -0.4 is 0 Å². The number of alkyl halides is 1. The van der Waals surface area contributed by atoms with E-state index in [0.29, 0.717) is 20.8 Å². The Morgan fingerprint density at radius 3 is 2.36 bits per heavy atom. The van der Waals surface area contributed by atoms with E-state index in [1.807, 2.05) is 37.3 Å². The van der Waals surface area contributed by atoms with Gasteiger partial charge in [0.2, 0.25) is 9.84 Å². The van der Waals surface area contributed by atoms with Gasteiger partial charge in [0.1, 0.15) is 4.90 Å². The van der Waals surface area contributed by atoms with E-state index in [-0.39, 0.29) is 0 Å². The summed E-state index contributed by atoms with van der Waals surface area (Å²) in [7, 11) is -3.55. The van der Waals surface area contributed by atoms with Gasteiger partial charge in [0, 0.05) is 21.9 Å². The molecule has 22 heavy (non-hydrogen) atoms. The lowest BCUT2D eigenvalue weighted by Gasteiger charge is -2.07. The summed E-state index contributed by atoms with van der Waals surface area (Å²) in [5.41, 5.74) is 3.52. The minimum atomic E-state index is -3.55. The first-order valence-corrected chi connectivity index (χ1v) is 9.53. The Kier molecular flexibility index (Phi) is 3.87. The number of hydrogen-bond acceptors (Lipinski definition) is 2. The minimum Gasteiger partial charge on any atom is -0.357 e. The first kappa shape index (κ1) is 15.3. The average molecular weight is 378 g/mol. The van der Waals surface area contributed by atoms with Gasteiger partial charge >= 0.3 is 0 Å². The maximum absolute atomic E-state index is 13.1. The Bertz CT molecular complexity index is 941. The largest absolute Gasteiger partial charge is 0.357 e. The van der Waals surface area contributed by atoms with Crippen LogP contribution in [0, 0.1) is 13.8 Å². The third-order valence-corrected chi connectivity index (χ3v) is 6.33. The molecule has 0 amide bonds. The lowest BCUT2D eigenvalue weighted by atomic mass is 10.1. The molecule has 0 unspecified atom stereocenters. The van der Waals surface area contributed by atoms with Crippen molar-refractivity contribution in [1.29, 1.82) is 0 Å². The third-order valence-electron chi connectivity index (χ3n) is 3.78. The molecule has 0 radical (unpaired) electrons. The fraction of sp³-hybridized carbons (Fsp3) is 0.176. The SMILES string of the molecule is Cc1ccc(S(=O)(=O)c2c(C)[nH]c3cccc(CBr)c23)cc1. The van der Waals surface area contributed by atoms with Crippen LogP contribution in [-0.2, 0) is 15.2 Å². The normalized spacial score (nSPS) is 12.0. The Morgan fingerprint density at radius 2 is 1.73 bits per heavy atom. The number of aromatic nitrogens is 1. The molecule has 0 spiro atoms. The topological polar surface area (TPSA) is 49.9 Å². The van der Waals surface area contributed by atoms with Gasteiger partial charge in [-0.1, -0.05) is 45.8 Å². The first-order chi connectivity index (χ1) is 10.4. The molecule has 2 aromatic carbocycles. The van der Waals surface area contributed by atoms with E-state index in [0.717, 1.165) is 22.0 Å². The highest BCUT2D eigenvalue weighted by Gasteiger charge is 2.25. The number of nitrogens with one attached hydrogen (secondary N) is 1. The van der Waals surface area contributed by atoms with Gasteiger partial charge in [0.05, 0.1) is 4.90 Å². The molecule has 0 fully saturated rings. The van der Waals surface area contributed by atoms with E-state index in [1.54, 1.807) is 19.1 Å². The van der Waals surface area contributed by atoms with E-state index in [4.69, 9.17) is 0 Å². The highest BCUT2D eigenvalue weighted by atomic mass is 79.9. The summed E-state index contributed by atoms with van der Waals surface area (Å²) in [5, 5.41) is 1.38. The predicted octanol–water partition coefficient (Wildman–Crippen LogP) is 4.51. The highest BCUT2D eigenvalue weighted by Crippen LogP contribution is 2.34. The van der Waals surface area contributed by atoms with Gasteiger partial charge in [-0.2, -0.15) is 0 Å². The molecule has 1 N–H and O–H groups in total. The lowest BCUT2D eigenvalue weighted by Crippen LogP contribution is -2.03. The minimum absolute atomic E-state index is 0.325. The van der Waals surface area contributed by atoms with Gasteiger partial charge in [-0.15, -0.1) is 0 Å². The summed E-state index contributed by atoms with van der Waals surface area (Å²) in [5.74, 6) is 0. The van der Waals surface area contributed by atoms with Gasteiger partial charge < -0.3 is 4.98 Å². The summed E-state index contributed by atoms with van der Waals surface area (Å²) in [6.45, 7) is 3.75. The second-order valence-corrected chi connectivity index (χ2v) is 7.82. The van der Waals surface area contributed by atoms with Crippen LogP contribution in [0.25, 0.3) is 10.9 Å². The van der Waals surface area contributed by atoms with Crippen molar-refractivity contribution < 1.29 is 8.42 Å². The van der Waals surface area contributed by atoms with E-state index in [1.165, 1.54) is 0 Å². The maximum Gasteiger partial charge on any atom is 0.208 e. The van der Waals surface area contributed by atoms with Crippen LogP contribution >= 0.6 is 15.9 Å². The van der Waals surface area contributed by atoms with Crippen molar-refractivity contribution in [3.63, 3.8) is 0 Å². The van der Waals surface area contributed by atoms with Crippen molar-refractivity contribution in [2.45, 2.75) is 29.0 Å². The fourth-order valence-corrected chi connectivity index (χ4v) is 4.86. The van der Waals surface area contributed by atoms with E-state index < -0.39 is 9.84 Å². The van der Waals surface area contributed by atoms with Crippen LogP contribution in [0.2, 0.25) is 0 Å². The van der Waals surface area contributed by atoms with Crippen LogP contribution in [0.15, 0.2) is 52.3 Å². The number of H-pyrrole nitrogens is 1. The standard InChI is InChI=1S/C17H16BrNO2S/c1-11-6-8-14(9-7-11)22(20,21)17-12(2)19-15-5-3-4-13(10-18)16(15)17/h3-9,19H,10H2,1-2H3. The van der Waals surface area contributed by atoms with Crippen molar-refractivity contribution in [3.05, 3.63) is 59.3 Å². The molecule has 114 valence electrons. The van der Waals surface area contributed by atoms with Crippen molar-refractivity contribution in [2.24, 2.45) is 0 Å². The molecule has 3 nitrogen and oxygen atoms in total. The summed E-state index contributed by atoms with van der Waals surface area (Å²) in [4.78, 5) is 3.89. The molecule has 3 rings (SSSR count). The number of sulfone groups is 1. The van der Waals surface area contributed by atoms with E-state index >= 15 is 0 Å². The molecule has 0 saturated heterocycles. The monoisotopic (exact) mass is 377 g/mol. The van der Waals surface area contributed by atoms with Crippen LogP contribution in [-0.4, -0.2) is 13.4 Å². The number of aryl methyl sites for hydroxylation is 2. The van der Waals surface area contributed by atoms with Crippen molar-refractivity contribution in [3.8, 4) is 0 Å². The predicted molar refractivity (Wildman–Crippen MR) is 92.3 cm³/mol. The maximum atomic E-state index is 13.1. The Morgan fingerprint density at radius 1 is 1.05 bits per heavy atom. The molecule has 1 heterocycles. The quantitative estimate of drug-likeness (QED) is 0.682. The van der Waals surface area contributed by atoms with Gasteiger partial charge in [0.25, 0.3) is 0 Å². The second kappa shape index (κ2) is 5.56. The number of fused-ring (bicyclic) bond motifs is 1. The van der Waals surface area contributed by atoms with Crippen molar-refractivity contribution in [1.82, 2.24) is 4.98 Å². The zero-order chi connectivity index (χ0) is 15.9. The molecule has 3 aromatic rings. The number of hydrogen-bond donors (Lipinski definition) is 1. The van der Waals surface area contributed by atoms with E-state index in [9.17, 15) is 8.42 Å². The van der Waals surface area contributed by atoms with Gasteiger partial charge in [-0.3, -0.25) is 0 Å². The Balaban J connectivity index is 2.34. The Hall–Kier alpha value is -1.59. The number of benzene rings is 2. The molecule has 1 aromatic heterocycles. The fourth-order valence-electron chi connectivity index (χ4n) is 2.70. The van der Waals surface area contributed by atoms with Crippen LogP contribution in [0.4, 0.5) is 0 Å². The van der Waals surface area contributed by atoms with Gasteiger partial charge in [0.15, 0.2) is 0 Å². The summed E-state index contributed by atoms with van der Waals surface area (Å²) < 4.78 is 26.1. The number of aromatic amines is 1. The summed E-state index contributed by atoms with van der Waals surface area (Å²) >= 11 is 3.45. The molecular weight excluding hydrogens is 362 g/mol. The van der Waals surface area contributed by atoms with Gasteiger partial charge in [-0.05, 0) is 37.6 Å². The number of halogens is 1. The number of rotatable bonds is 3. The molecule has 0 saturated carbocycles. The molecule has 5 heteroatoms. The molecule has 0 aliphatic carbocycles. The zero-order valence-electron chi connectivity index (χ0n) is 12.4. The first-order valence-electron chi connectivity index (χ1n) is 6.93. The van der Waals surface area contributed by atoms with Gasteiger partial charge in [-0.25, -0.2) is 8.42 Å². The van der Waals surface area contributed by atoms with Crippen LogP contribution in [0.1, 0.15) is 16.8 Å². The lowest BCUT2D eigenvalue weighted by molar-refractivity contribution is 0.596. The molecule has 0 aliphatic rings. The van der Waals surface area contributed by atoms with Crippen LogP contribution in [0.3, 0.4) is 0 Å². The molecule has 0 atom stereocenters. The molecule has 0 aliphatic heterocycles. The highest BCUT2D eigenvalue weighted by molar-refractivity contribution is 9.08. The molecular formula is C17H16BrNO2S. The average Bonchev–Trinajstić information content (AvgIpc) is 2.84. The zero-order valence-corrected chi connectivity index (χ0v) is 14.8. The smallest absolute Gasteiger partial charge is 0.208 e. The second-order valence-electron chi connectivity index (χ2n) is 5.37. The van der Waals surface area contributed by atoms with Crippen LogP contribution in [0.5, 0.6) is 0 Å². The van der Waals surface area contributed by atoms with Crippen molar-refractivity contribution >= 4 is 36.7 Å².